The standard InChI is InChI=1S/C20H26ClN5O2.HI/c1-2-22-20(24-10-9-23-19(27)18-7-4-12-28-18)25-16-8-11-26(14-16)17-6-3-5-15(21)13-17;/h3-7,12-13,16H,2,8-11,14H2,1H3,(H,23,27)(H2,22,24,25);1H. The second-order valence-electron chi connectivity index (χ2n) is 6.55. The highest BCUT2D eigenvalue weighted by atomic mass is 127. The van der Waals surface area contributed by atoms with Gasteiger partial charge in [-0.3, -0.25) is 9.79 Å². The number of hydrogen-bond acceptors (Lipinski definition) is 4. The molecule has 1 unspecified atom stereocenters. The summed E-state index contributed by atoms with van der Waals surface area (Å²) >= 11 is 6.10. The van der Waals surface area contributed by atoms with Crippen LogP contribution in [0.5, 0.6) is 0 Å². The lowest BCUT2D eigenvalue weighted by atomic mass is 10.3. The van der Waals surface area contributed by atoms with E-state index in [1.54, 1.807) is 12.1 Å². The molecule has 1 amide bonds. The van der Waals surface area contributed by atoms with Gasteiger partial charge in [0.2, 0.25) is 0 Å². The maximum absolute atomic E-state index is 11.9. The molecule has 0 saturated carbocycles. The van der Waals surface area contributed by atoms with Gasteiger partial charge in [-0.25, -0.2) is 0 Å². The maximum atomic E-state index is 11.9. The predicted octanol–water partition coefficient (Wildman–Crippen LogP) is 3.11. The Morgan fingerprint density at radius 1 is 1.31 bits per heavy atom. The van der Waals surface area contributed by atoms with E-state index < -0.39 is 0 Å². The largest absolute Gasteiger partial charge is 0.459 e. The van der Waals surface area contributed by atoms with Crippen molar-refractivity contribution in [1.82, 2.24) is 16.0 Å². The number of aliphatic imine (C=N–C) groups is 1. The van der Waals surface area contributed by atoms with Crippen molar-refractivity contribution in [2.75, 3.05) is 37.6 Å². The average molecular weight is 532 g/mol. The van der Waals surface area contributed by atoms with Crippen molar-refractivity contribution < 1.29 is 9.21 Å². The van der Waals surface area contributed by atoms with Crippen LogP contribution in [0.2, 0.25) is 5.02 Å². The summed E-state index contributed by atoms with van der Waals surface area (Å²) in [5.74, 6) is 0.833. The molecule has 0 aliphatic carbocycles. The minimum absolute atomic E-state index is 0. The molecule has 1 aromatic carbocycles. The Morgan fingerprint density at radius 3 is 2.90 bits per heavy atom. The minimum Gasteiger partial charge on any atom is -0.459 e. The third kappa shape index (κ3) is 7.11. The highest BCUT2D eigenvalue weighted by molar-refractivity contribution is 14.0. The van der Waals surface area contributed by atoms with Gasteiger partial charge in [-0.2, -0.15) is 0 Å². The van der Waals surface area contributed by atoms with Crippen molar-refractivity contribution in [2.24, 2.45) is 4.99 Å². The van der Waals surface area contributed by atoms with E-state index in [9.17, 15) is 4.79 Å². The lowest BCUT2D eigenvalue weighted by Gasteiger charge is -2.20. The molecule has 1 aliphatic rings. The molecule has 1 aromatic heterocycles. The number of nitrogens with one attached hydrogen (secondary N) is 3. The van der Waals surface area contributed by atoms with Crippen molar-refractivity contribution >= 4 is 53.1 Å². The van der Waals surface area contributed by atoms with Gasteiger partial charge in [0.05, 0.1) is 12.8 Å². The van der Waals surface area contributed by atoms with Gasteiger partial charge in [0.25, 0.3) is 5.91 Å². The molecule has 3 rings (SSSR count). The quantitative estimate of drug-likeness (QED) is 0.221. The van der Waals surface area contributed by atoms with Crippen molar-refractivity contribution in [3.63, 3.8) is 0 Å². The molecule has 2 heterocycles. The number of carbonyl (C=O) groups is 1. The number of nitrogens with zero attached hydrogens (tertiary/aromatic N) is 2. The minimum atomic E-state index is -0.230. The van der Waals surface area contributed by atoms with Crippen LogP contribution in [0.25, 0.3) is 0 Å². The molecule has 3 N–H and O–H groups in total. The van der Waals surface area contributed by atoms with Gasteiger partial charge in [0.1, 0.15) is 0 Å². The number of rotatable bonds is 7. The van der Waals surface area contributed by atoms with E-state index in [-0.39, 0.29) is 29.9 Å². The highest BCUT2D eigenvalue weighted by Crippen LogP contribution is 2.23. The van der Waals surface area contributed by atoms with Crippen LogP contribution in [0, 0.1) is 0 Å². The smallest absolute Gasteiger partial charge is 0.287 e. The summed E-state index contributed by atoms with van der Waals surface area (Å²) in [5.41, 5.74) is 1.14. The van der Waals surface area contributed by atoms with Crippen LogP contribution in [-0.4, -0.2) is 50.6 Å². The zero-order valence-corrected chi connectivity index (χ0v) is 19.4. The SMILES string of the molecule is CCNC(=NCCNC(=O)c1ccco1)NC1CCN(c2cccc(Cl)c2)C1.I. The summed E-state index contributed by atoms with van der Waals surface area (Å²) < 4.78 is 5.07. The van der Waals surface area contributed by atoms with Crippen molar-refractivity contribution in [2.45, 2.75) is 19.4 Å². The second-order valence-corrected chi connectivity index (χ2v) is 6.99. The van der Waals surface area contributed by atoms with Gasteiger partial charge >= 0.3 is 0 Å². The normalized spacial score (nSPS) is 16.3. The fraction of sp³-hybridized carbons (Fsp3) is 0.400. The Morgan fingerprint density at radius 2 is 2.17 bits per heavy atom. The fourth-order valence-corrected chi connectivity index (χ4v) is 3.32. The molecule has 1 atom stereocenters. The molecule has 1 saturated heterocycles. The van der Waals surface area contributed by atoms with Crippen LogP contribution in [0.4, 0.5) is 5.69 Å². The highest BCUT2D eigenvalue weighted by Gasteiger charge is 2.23. The summed E-state index contributed by atoms with van der Waals surface area (Å²) in [6.07, 6.45) is 2.50. The van der Waals surface area contributed by atoms with Gasteiger partial charge in [-0.15, -0.1) is 24.0 Å². The molecule has 2 aromatic rings. The summed E-state index contributed by atoms with van der Waals surface area (Å²) in [6.45, 7) is 5.58. The number of carbonyl (C=O) groups excluding carboxylic acids is 1. The summed E-state index contributed by atoms with van der Waals surface area (Å²) in [7, 11) is 0. The average Bonchev–Trinajstić information content (AvgIpc) is 3.37. The van der Waals surface area contributed by atoms with Crippen LogP contribution >= 0.6 is 35.6 Å². The molecule has 9 heteroatoms. The van der Waals surface area contributed by atoms with Gasteiger partial charge < -0.3 is 25.3 Å². The van der Waals surface area contributed by atoms with Gasteiger partial charge in [0, 0.05) is 42.9 Å². The Labute approximate surface area is 193 Å². The van der Waals surface area contributed by atoms with Crippen molar-refractivity contribution in [1.29, 1.82) is 0 Å². The monoisotopic (exact) mass is 531 g/mol. The number of hydrogen-bond donors (Lipinski definition) is 3. The first kappa shape index (κ1) is 23.3. The van der Waals surface area contributed by atoms with Gasteiger partial charge in [-0.05, 0) is 43.7 Å². The van der Waals surface area contributed by atoms with Crippen LogP contribution < -0.4 is 20.9 Å². The van der Waals surface area contributed by atoms with Gasteiger partial charge in [0.15, 0.2) is 11.7 Å². The molecular weight excluding hydrogens is 505 g/mol. The number of benzene rings is 1. The van der Waals surface area contributed by atoms with Crippen LogP contribution in [0.1, 0.15) is 23.9 Å². The molecular formula is C20H27ClIN5O2. The van der Waals surface area contributed by atoms with Crippen LogP contribution in [0.15, 0.2) is 52.1 Å². The van der Waals surface area contributed by atoms with E-state index in [0.717, 1.165) is 42.7 Å². The first-order chi connectivity index (χ1) is 13.7. The summed E-state index contributed by atoms with van der Waals surface area (Å²) in [6, 6.07) is 11.6. The third-order valence-corrected chi connectivity index (χ3v) is 4.69. The Bertz CT molecular complexity index is 800. The number of amides is 1. The van der Waals surface area contributed by atoms with E-state index in [0.29, 0.717) is 24.9 Å². The van der Waals surface area contributed by atoms with Crippen molar-refractivity contribution in [3.8, 4) is 0 Å². The lowest BCUT2D eigenvalue weighted by Crippen LogP contribution is -2.45. The molecule has 0 bridgehead atoms. The van der Waals surface area contributed by atoms with Crippen molar-refractivity contribution in [3.05, 3.63) is 53.4 Å². The first-order valence-electron chi connectivity index (χ1n) is 9.52. The number of furan rings is 1. The molecule has 1 aliphatic heterocycles. The summed E-state index contributed by atoms with van der Waals surface area (Å²) in [4.78, 5) is 18.7. The fourth-order valence-electron chi connectivity index (χ4n) is 3.13. The Hall–Kier alpha value is -1.94. The number of halogens is 2. The molecule has 0 spiro atoms. The molecule has 7 nitrogen and oxygen atoms in total. The van der Waals surface area contributed by atoms with E-state index in [1.807, 2.05) is 25.1 Å². The van der Waals surface area contributed by atoms with E-state index in [4.69, 9.17) is 16.0 Å². The third-order valence-electron chi connectivity index (χ3n) is 4.46. The van der Waals surface area contributed by atoms with E-state index in [1.165, 1.54) is 6.26 Å². The molecule has 158 valence electrons. The maximum Gasteiger partial charge on any atom is 0.287 e. The zero-order valence-electron chi connectivity index (χ0n) is 16.4. The Kier molecular flexibility index (Phi) is 9.59. The zero-order chi connectivity index (χ0) is 19.8. The number of anilines is 1. The van der Waals surface area contributed by atoms with E-state index >= 15 is 0 Å². The lowest BCUT2D eigenvalue weighted by molar-refractivity contribution is 0.0927. The number of guanidine groups is 1. The van der Waals surface area contributed by atoms with Crippen LogP contribution in [0.3, 0.4) is 0 Å². The van der Waals surface area contributed by atoms with Gasteiger partial charge in [-0.1, -0.05) is 17.7 Å². The molecule has 29 heavy (non-hydrogen) atoms. The molecule has 1 fully saturated rings. The summed E-state index contributed by atoms with van der Waals surface area (Å²) in [5, 5.41) is 10.3. The molecule has 0 radical (unpaired) electrons. The second kappa shape index (κ2) is 11.9. The Balaban J connectivity index is 0.00000300. The first-order valence-corrected chi connectivity index (χ1v) is 9.90. The van der Waals surface area contributed by atoms with E-state index in [2.05, 4.69) is 31.9 Å². The topological polar surface area (TPSA) is 81.9 Å². The predicted molar refractivity (Wildman–Crippen MR) is 128 cm³/mol. The van der Waals surface area contributed by atoms with Crippen LogP contribution in [-0.2, 0) is 0 Å².